The highest BCUT2D eigenvalue weighted by molar-refractivity contribution is 5.53. The van der Waals surface area contributed by atoms with Gasteiger partial charge in [0.25, 0.3) is 0 Å². The molecule has 0 saturated carbocycles. The van der Waals surface area contributed by atoms with Crippen molar-refractivity contribution in [1.29, 1.82) is 0 Å². The zero-order chi connectivity index (χ0) is 13.7. The second-order valence-electron chi connectivity index (χ2n) is 3.91. The average Bonchev–Trinajstić information content (AvgIpc) is 2.48. The fraction of sp³-hybridized carbons (Fsp3) is 0.200. The van der Waals surface area contributed by atoms with Gasteiger partial charge in [-0.05, 0) is 18.2 Å². The van der Waals surface area contributed by atoms with E-state index in [9.17, 15) is 0 Å². The Labute approximate surface area is 112 Å². The van der Waals surface area contributed by atoms with E-state index in [-0.39, 0.29) is 0 Å². The van der Waals surface area contributed by atoms with Crippen LogP contribution in [0, 0.1) is 0 Å². The van der Waals surface area contributed by atoms with Crippen molar-refractivity contribution in [2.24, 2.45) is 5.73 Å². The van der Waals surface area contributed by atoms with E-state index in [2.05, 4.69) is 0 Å². The van der Waals surface area contributed by atoms with Crippen molar-refractivity contribution in [3.05, 3.63) is 48.0 Å². The summed E-state index contributed by atoms with van der Waals surface area (Å²) < 4.78 is 16.5. The number of benzene rings is 2. The molecule has 0 radical (unpaired) electrons. The minimum atomic E-state index is 0.410. The van der Waals surface area contributed by atoms with Crippen molar-refractivity contribution < 1.29 is 14.2 Å². The summed E-state index contributed by atoms with van der Waals surface area (Å²) in [6.07, 6.45) is 0. The van der Waals surface area contributed by atoms with E-state index < -0.39 is 0 Å². The van der Waals surface area contributed by atoms with Crippen molar-refractivity contribution in [2.45, 2.75) is 6.54 Å². The molecular weight excluding hydrogens is 242 g/mol. The summed E-state index contributed by atoms with van der Waals surface area (Å²) in [5.74, 6) is 2.48. The van der Waals surface area contributed by atoms with Gasteiger partial charge in [0.15, 0.2) is 11.5 Å². The van der Waals surface area contributed by atoms with Crippen LogP contribution in [0.4, 0.5) is 0 Å². The van der Waals surface area contributed by atoms with Gasteiger partial charge in [0, 0.05) is 12.1 Å². The molecule has 0 aliphatic rings. The molecule has 2 aromatic carbocycles. The summed E-state index contributed by atoms with van der Waals surface area (Å²) in [4.78, 5) is 0. The van der Waals surface area contributed by atoms with Crippen LogP contribution in [-0.2, 0) is 6.54 Å². The molecule has 0 heterocycles. The molecule has 2 N–H and O–H groups in total. The van der Waals surface area contributed by atoms with Gasteiger partial charge in [0.1, 0.15) is 5.75 Å². The summed E-state index contributed by atoms with van der Waals surface area (Å²) in [6.45, 7) is 0.410. The van der Waals surface area contributed by atoms with Crippen molar-refractivity contribution in [2.75, 3.05) is 14.2 Å². The summed E-state index contributed by atoms with van der Waals surface area (Å²) in [6, 6.07) is 13.1. The lowest BCUT2D eigenvalue weighted by molar-refractivity contribution is 0.345. The molecule has 0 aromatic heterocycles. The first kappa shape index (κ1) is 13.2. The standard InChI is InChI=1S/C15H17NO3/c1-17-13-8-5-9-14(18-2)15(13)19-12-7-4-3-6-11(12)10-16/h3-9H,10,16H2,1-2H3. The van der Waals surface area contributed by atoms with Crippen LogP contribution >= 0.6 is 0 Å². The van der Waals surface area contributed by atoms with E-state index in [1.807, 2.05) is 42.5 Å². The number of hydrogen-bond acceptors (Lipinski definition) is 4. The Morgan fingerprint density at radius 2 is 1.42 bits per heavy atom. The first-order valence-electron chi connectivity index (χ1n) is 5.97. The first-order chi connectivity index (χ1) is 9.30. The maximum Gasteiger partial charge on any atom is 0.211 e. The molecule has 0 bridgehead atoms. The summed E-state index contributed by atoms with van der Waals surface area (Å²) in [7, 11) is 3.19. The molecular formula is C15H17NO3. The van der Waals surface area contributed by atoms with Crippen molar-refractivity contribution in [1.82, 2.24) is 0 Å². The van der Waals surface area contributed by atoms with E-state index >= 15 is 0 Å². The Kier molecular flexibility index (Phi) is 4.26. The third-order valence-electron chi connectivity index (χ3n) is 2.79. The van der Waals surface area contributed by atoms with Crippen molar-refractivity contribution in [3.63, 3.8) is 0 Å². The number of para-hydroxylation sites is 2. The molecule has 0 aliphatic carbocycles. The molecule has 4 nitrogen and oxygen atoms in total. The summed E-state index contributed by atoms with van der Waals surface area (Å²) >= 11 is 0. The zero-order valence-electron chi connectivity index (χ0n) is 11.1. The van der Waals surface area contributed by atoms with Crippen LogP contribution in [-0.4, -0.2) is 14.2 Å². The normalized spacial score (nSPS) is 10.1. The molecule has 0 amide bonds. The summed E-state index contributed by atoms with van der Waals surface area (Å²) in [5.41, 5.74) is 6.63. The average molecular weight is 259 g/mol. The Morgan fingerprint density at radius 3 is 2.00 bits per heavy atom. The summed E-state index contributed by atoms with van der Waals surface area (Å²) in [5, 5.41) is 0. The van der Waals surface area contributed by atoms with E-state index in [0.29, 0.717) is 29.5 Å². The van der Waals surface area contributed by atoms with Crippen LogP contribution < -0.4 is 19.9 Å². The third-order valence-corrected chi connectivity index (χ3v) is 2.79. The van der Waals surface area contributed by atoms with Gasteiger partial charge in [-0.1, -0.05) is 24.3 Å². The maximum atomic E-state index is 5.91. The highest BCUT2D eigenvalue weighted by Gasteiger charge is 2.13. The minimum absolute atomic E-state index is 0.410. The SMILES string of the molecule is COc1cccc(OC)c1Oc1ccccc1CN. The van der Waals surface area contributed by atoms with Gasteiger partial charge in [-0.25, -0.2) is 0 Å². The number of methoxy groups -OCH3 is 2. The second-order valence-corrected chi connectivity index (χ2v) is 3.91. The van der Waals surface area contributed by atoms with Crippen LogP contribution in [0.1, 0.15) is 5.56 Å². The largest absolute Gasteiger partial charge is 0.493 e. The van der Waals surface area contributed by atoms with Gasteiger partial charge in [-0.2, -0.15) is 0 Å². The van der Waals surface area contributed by atoms with Crippen LogP contribution in [0.3, 0.4) is 0 Å². The lowest BCUT2D eigenvalue weighted by atomic mass is 10.2. The second kappa shape index (κ2) is 6.11. The molecule has 100 valence electrons. The fourth-order valence-corrected chi connectivity index (χ4v) is 1.80. The molecule has 0 saturated heterocycles. The topological polar surface area (TPSA) is 53.7 Å². The molecule has 19 heavy (non-hydrogen) atoms. The Balaban J connectivity index is 2.42. The van der Waals surface area contributed by atoms with E-state index in [1.54, 1.807) is 14.2 Å². The number of ether oxygens (including phenoxy) is 3. The fourth-order valence-electron chi connectivity index (χ4n) is 1.80. The van der Waals surface area contributed by atoms with Gasteiger partial charge >= 0.3 is 0 Å². The molecule has 0 atom stereocenters. The Morgan fingerprint density at radius 1 is 0.842 bits per heavy atom. The molecule has 0 spiro atoms. The molecule has 4 heteroatoms. The zero-order valence-corrected chi connectivity index (χ0v) is 11.1. The molecule has 2 rings (SSSR count). The molecule has 0 fully saturated rings. The number of hydrogen-bond donors (Lipinski definition) is 1. The van der Waals surface area contributed by atoms with E-state index in [0.717, 1.165) is 5.56 Å². The lowest BCUT2D eigenvalue weighted by Crippen LogP contribution is -2.00. The van der Waals surface area contributed by atoms with Crippen LogP contribution in [0.5, 0.6) is 23.0 Å². The van der Waals surface area contributed by atoms with Crippen LogP contribution in [0.25, 0.3) is 0 Å². The Hall–Kier alpha value is -2.20. The minimum Gasteiger partial charge on any atom is -0.493 e. The van der Waals surface area contributed by atoms with Gasteiger partial charge < -0.3 is 19.9 Å². The molecule has 2 aromatic rings. The predicted octanol–water partition coefficient (Wildman–Crippen LogP) is 2.95. The first-order valence-corrected chi connectivity index (χ1v) is 5.97. The smallest absolute Gasteiger partial charge is 0.211 e. The van der Waals surface area contributed by atoms with E-state index in [1.165, 1.54) is 0 Å². The van der Waals surface area contributed by atoms with Gasteiger partial charge in [-0.3, -0.25) is 0 Å². The lowest BCUT2D eigenvalue weighted by Gasteiger charge is -2.15. The van der Waals surface area contributed by atoms with Crippen molar-refractivity contribution >= 4 is 0 Å². The highest BCUT2D eigenvalue weighted by atomic mass is 16.5. The highest BCUT2D eigenvalue weighted by Crippen LogP contribution is 2.40. The molecule has 0 unspecified atom stereocenters. The number of rotatable bonds is 5. The number of nitrogens with two attached hydrogens (primary N) is 1. The predicted molar refractivity (Wildman–Crippen MR) is 74.0 cm³/mol. The maximum absolute atomic E-state index is 5.91. The third kappa shape index (κ3) is 2.80. The van der Waals surface area contributed by atoms with Gasteiger partial charge in [0.2, 0.25) is 5.75 Å². The van der Waals surface area contributed by atoms with Crippen molar-refractivity contribution in [3.8, 4) is 23.0 Å². The molecule has 0 aliphatic heterocycles. The van der Waals surface area contributed by atoms with Gasteiger partial charge in [0.05, 0.1) is 14.2 Å². The Bertz CT molecular complexity index is 533. The van der Waals surface area contributed by atoms with Crippen LogP contribution in [0.15, 0.2) is 42.5 Å². The van der Waals surface area contributed by atoms with Crippen LogP contribution in [0.2, 0.25) is 0 Å². The quantitative estimate of drug-likeness (QED) is 0.897. The van der Waals surface area contributed by atoms with Gasteiger partial charge in [-0.15, -0.1) is 0 Å². The monoisotopic (exact) mass is 259 g/mol. The van der Waals surface area contributed by atoms with E-state index in [4.69, 9.17) is 19.9 Å².